The van der Waals surface area contributed by atoms with Gasteiger partial charge in [-0.2, -0.15) is 0 Å². The largest absolute Gasteiger partial charge is 0.367 e. The third-order valence-electron chi connectivity index (χ3n) is 1.29. The first-order valence-electron chi connectivity index (χ1n) is 3.14. The molecule has 5 heteroatoms. The molecule has 4 N–H and O–H groups in total. The molecule has 0 radical (unpaired) electrons. The Kier molecular flexibility index (Phi) is 3.67. The van der Waals surface area contributed by atoms with Crippen LogP contribution >= 0.6 is 0 Å². The van der Waals surface area contributed by atoms with E-state index in [2.05, 4.69) is 5.73 Å². The zero-order valence-electron chi connectivity index (χ0n) is 6.21. The molecule has 2 atom stereocenters. The Morgan fingerprint density at radius 2 is 2.00 bits per heavy atom. The molecular formula is C6H11FN2O2. The molecule has 0 aromatic carbocycles. The van der Waals surface area contributed by atoms with Gasteiger partial charge in [-0.3, -0.25) is 9.59 Å². The maximum absolute atomic E-state index is 12.4. The fourth-order valence-electron chi connectivity index (χ4n) is 0.505. The van der Waals surface area contributed by atoms with Crippen molar-refractivity contribution in [2.24, 2.45) is 11.5 Å². The number of ketones is 1. The molecule has 0 aliphatic heterocycles. The maximum Gasteiger partial charge on any atom is 0.252 e. The van der Waals surface area contributed by atoms with Gasteiger partial charge in [0.15, 0.2) is 6.17 Å². The number of primary amides is 1. The first kappa shape index (κ1) is 10.0. The van der Waals surface area contributed by atoms with Crippen molar-refractivity contribution >= 4 is 11.7 Å². The van der Waals surface area contributed by atoms with E-state index in [1.54, 1.807) is 0 Å². The minimum atomic E-state index is -1.83. The van der Waals surface area contributed by atoms with Gasteiger partial charge < -0.3 is 11.5 Å². The van der Waals surface area contributed by atoms with Crippen molar-refractivity contribution in [3.63, 3.8) is 0 Å². The Morgan fingerprint density at radius 1 is 1.55 bits per heavy atom. The number of carbonyl (C=O) groups excluding carboxylic acids is 2. The van der Waals surface area contributed by atoms with Gasteiger partial charge in [0.25, 0.3) is 5.91 Å². The lowest BCUT2D eigenvalue weighted by molar-refractivity contribution is -0.124. The zero-order valence-corrected chi connectivity index (χ0v) is 6.21. The van der Waals surface area contributed by atoms with Gasteiger partial charge in [-0.15, -0.1) is 0 Å². The van der Waals surface area contributed by atoms with Gasteiger partial charge >= 0.3 is 0 Å². The molecular weight excluding hydrogens is 150 g/mol. The monoisotopic (exact) mass is 161 g/mol. The highest BCUT2D eigenvalue weighted by atomic mass is 18.2. The molecule has 0 rings (SSSR count). The van der Waals surface area contributed by atoms with Crippen LogP contribution in [0.25, 0.3) is 0 Å². The molecule has 1 amide bonds. The van der Waals surface area contributed by atoms with Crippen molar-refractivity contribution < 1.29 is 14.0 Å². The summed E-state index contributed by atoms with van der Waals surface area (Å²) in [5, 5.41) is 0. The van der Waals surface area contributed by atoms with Crippen molar-refractivity contribution in [2.45, 2.75) is 25.6 Å². The van der Waals surface area contributed by atoms with Gasteiger partial charge in [-0.05, 0) is 6.92 Å². The molecule has 0 heterocycles. The SMILES string of the molecule is CC(=O)C(N)CC([18F])C(N)=O. The lowest BCUT2D eigenvalue weighted by Crippen LogP contribution is -2.36. The molecule has 2 unspecified atom stereocenters. The van der Waals surface area contributed by atoms with Crippen LogP contribution < -0.4 is 11.5 Å². The zero-order chi connectivity index (χ0) is 9.02. The van der Waals surface area contributed by atoms with Gasteiger partial charge in [-0.25, -0.2) is 4.39 Å². The van der Waals surface area contributed by atoms with E-state index in [4.69, 9.17) is 5.73 Å². The van der Waals surface area contributed by atoms with Crippen LogP contribution in [0.5, 0.6) is 0 Å². The third-order valence-corrected chi connectivity index (χ3v) is 1.29. The summed E-state index contributed by atoms with van der Waals surface area (Å²) in [6.45, 7) is 1.23. The summed E-state index contributed by atoms with van der Waals surface area (Å²) in [4.78, 5) is 20.6. The van der Waals surface area contributed by atoms with E-state index in [0.717, 1.165) is 0 Å². The van der Waals surface area contributed by atoms with Crippen molar-refractivity contribution in [1.29, 1.82) is 0 Å². The molecule has 0 aliphatic rings. The molecule has 0 fully saturated rings. The number of amides is 1. The molecule has 11 heavy (non-hydrogen) atoms. The smallest absolute Gasteiger partial charge is 0.252 e. The molecule has 0 aromatic heterocycles. The minimum absolute atomic E-state index is 0.329. The number of nitrogens with two attached hydrogens (primary N) is 2. The van der Waals surface area contributed by atoms with Crippen LogP contribution in [-0.4, -0.2) is 23.9 Å². The summed E-state index contributed by atoms with van der Waals surface area (Å²) in [5.41, 5.74) is 9.76. The normalized spacial score (nSPS) is 15.5. The lowest BCUT2D eigenvalue weighted by Gasteiger charge is -2.08. The van der Waals surface area contributed by atoms with Crippen LogP contribution in [0.1, 0.15) is 13.3 Å². The molecule has 4 nitrogen and oxygen atoms in total. The molecule has 0 bridgehead atoms. The fourth-order valence-corrected chi connectivity index (χ4v) is 0.505. The molecule has 64 valence electrons. The van der Waals surface area contributed by atoms with Crippen molar-refractivity contribution in [3.05, 3.63) is 0 Å². The summed E-state index contributed by atoms with van der Waals surface area (Å²) >= 11 is 0. The average molecular weight is 161 g/mol. The number of rotatable bonds is 4. The predicted molar refractivity (Wildman–Crippen MR) is 37.4 cm³/mol. The number of halogens is 1. The average Bonchev–Trinajstić information content (AvgIpc) is 1.87. The summed E-state index contributed by atoms with van der Waals surface area (Å²) in [5.74, 6) is -1.43. The Morgan fingerprint density at radius 3 is 2.27 bits per heavy atom. The Labute approximate surface area is 63.7 Å². The highest BCUT2D eigenvalue weighted by Crippen LogP contribution is 2.00. The number of Topliss-reactive ketones (excluding diaryl/α,β-unsaturated/α-hetero) is 1. The topological polar surface area (TPSA) is 86.2 Å². The van der Waals surface area contributed by atoms with Crippen LogP contribution in [-0.2, 0) is 9.59 Å². The van der Waals surface area contributed by atoms with Crippen LogP contribution in [0.4, 0.5) is 4.39 Å². The second-order valence-electron chi connectivity index (χ2n) is 2.32. The molecule has 0 aromatic rings. The number of hydrogen-bond donors (Lipinski definition) is 2. The minimum Gasteiger partial charge on any atom is -0.367 e. The van der Waals surface area contributed by atoms with Gasteiger partial charge in [-0.1, -0.05) is 0 Å². The number of alkyl halides is 1. The summed E-state index contributed by atoms with van der Waals surface area (Å²) in [6.07, 6.45) is -2.15. The number of carbonyl (C=O) groups is 2. The first-order valence-corrected chi connectivity index (χ1v) is 3.14. The summed E-state index contributed by atoms with van der Waals surface area (Å²) in [6, 6.07) is -0.933. The van der Waals surface area contributed by atoms with Crippen LogP contribution in [0, 0.1) is 0 Å². The maximum atomic E-state index is 12.4. The predicted octanol–water partition coefficient (Wildman–Crippen LogP) is -0.884. The van der Waals surface area contributed by atoms with Gasteiger partial charge in [0.1, 0.15) is 5.78 Å². The van der Waals surface area contributed by atoms with Crippen molar-refractivity contribution in [3.8, 4) is 0 Å². The molecule has 0 spiro atoms. The molecule has 0 saturated heterocycles. The Balaban J connectivity index is 3.84. The Bertz CT molecular complexity index is 154. The van der Waals surface area contributed by atoms with E-state index in [0.29, 0.717) is 0 Å². The molecule has 0 aliphatic carbocycles. The number of hydrogen-bond acceptors (Lipinski definition) is 3. The fraction of sp³-hybridized carbons (Fsp3) is 0.667. The third kappa shape index (κ3) is 3.67. The van der Waals surface area contributed by atoms with Crippen LogP contribution in [0.2, 0.25) is 0 Å². The van der Waals surface area contributed by atoms with E-state index >= 15 is 0 Å². The van der Waals surface area contributed by atoms with Crippen molar-refractivity contribution in [1.82, 2.24) is 0 Å². The van der Waals surface area contributed by atoms with E-state index in [-0.39, 0.29) is 12.2 Å². The van der Waals surface area contributed by atoms with E-state index in [1.807, 2.05) is 0 Å². The summed E-state index contributed by atoms with van der Waals surface area (Å²) in [7, 11) is 0. The first-order chi connectivity index (χ1) is 4.95. The van der Waals surface area contributed by atoms with Crippen LogP contribution in [0.3, 0.4) is 0 Å². The van der Waals surface area contributed by atoms with Gasteiger partial charge in [0.2, 0.25) is 0 Å². The second kappa shape index (κ2) is 4.02. The standard InChI is InChI=1S/C6H11FN2O2/c1-3(10)5(8)2-4(7)6(9)11/h4-5H,2,8H2,1H3,(H2,9,11)/i7-1. The lowest BCUT2D eigenvalue weighted by atomic mass is 10.1. The molecule has 0 saturated carbocycles. The second-order valence-corrected chi connectivity index (χ2v) is 2.32. The van der Waals surface area contributed by atoms with Crippen molar-refractivity contribution in [2.75, 3.05) is 0 Å². The van der Waals surface area contributed by atoms with Gasteiger partial charge in [0, 0.05) is 6.42 Å². The highest BCUT2D eigenvalue weighted by Gasteiger charge is 2.19. The van der Waals surface area contributed by atoms with Gasteiger partial charge in [0.05, 0.1) is 6.04 Å². The van der Waals surface area contributed by atoms with E-state index in [1.165, 1.54) is 6.92 Å². The highest BCUT2D eigenvalue weighted by molar-refractivity contribution is 5.83. The Hall–Kier alpha value is -0.970. The van der Waals surface area contributed by atoms with E-state index < -0.39 is 18.1 Å². The van der Waals surface area contributed by atoms with Crippen LogP contribution in [0.15, 0.2) is 0 Å². The summed E-state index contributed by atoms with van der Waals surface area (Å²) < 4.78 is 12.4. The van der Waals surface area contributed by atoms with E-state index in [9.17, 15) is 14.0 Å². The quantitative estimate of drug-likeness (QED) is 0.561.